The molecule has 1 aliphatic heterocycles. The van der Waals surface area contributed by atoms with Crippen LogP contribution in [-0.2, 0) is 9.59 Å². The minimum Gasteiger partial charge on any atom is -0.506 e. The van der Waals surface area contributed by atoms with E-state index in [0.717, 1.165) is 30.0 Å². The Hall–Kier alpha value is -2.16. The van der Waals surface area contributed by atoms with E-state index in [0.29, 0.717) is 22.4 Å². The van der Waals surface area contributed by atoms with Crippen molar-refractivity contribution < 1.29 is 14.7 Å². The smallest absolute Gasteiger partial charge is 0.240 e. The number of nitrogens with one attached hydrogen (secondary N) is 2. The molecular weight excluding hydrogens is 400 g/mol. The fraction of sp³-hybridized carbons (Fsp3) is 0.421. The number of rotatable bonds is 5. The first-order chi connectivity index (χ1) is 13.3. The Morgan fingerprint density at radius 3 is 2.86 bits per heavy atom. The first-order valence-corrected chi connectivity index (χ1v) is 10.3. The molecule has 2 aromatic rings. The molecule has 0 aliphatic carbocycles. The highest BCUT2D eigenvalue weighted by atomic mass is 35.5. The fourth-order valence-electron chi connectivity index (χ4n) is 3.14. The Kier molecular flexibility index (Phi) is 6.53. The summed E-state index contributed by atoms with van der Waals surface area (Å²) in [6, 6.07) is 4.51. The molecule has 1 aromatic heterocycles. The number of hydrogen-bond donors (Lipinski definition) is 3. The number of amides is 2. The van der Waals surface area contributed by atoms with Gasteiger partial charge in [-0.1, -0.05) is 11.6 Å². The molecule has 2 heterocycles. The molecule has 1 aliphatic rings. The highest BCUT2D eigenvalue weighted by Crippen LogP contribution is 2.28. The number of thiazole rings is 1. The van der Waals surface area contributed by atoms with Crippen LogP contribution in [0.3, 0.4) is 0 Å². The lowest BCUT2D eigenvalue weighted by Gasteiger charge is -2.31. The Balaban J connectivity index is 1.55. The van der Waals surface area contributed by atoms with Crippen molar-refractivity contribution in [2.24, 2.45) is 5.92 Å². The van der Waals surface area contributed by atoms with Crippen LogP contribution >= 0.6 is 22.9 Å². The largest absolute Gasteiger partial charge is 0.506 e. The van der Waals surface area contributed by atoms with Gasteiger partial charge in [-0.15, -0.1) is 11.3 Å². The van der Waals surface area contributed by atoms with E-state index in [1.165, 1.54) is 23.5 Å². The summed E-state index contributed by atoms with van der Waals surface area (Å²) in [4.78, 5) is 32.3. The fourth-order valence-corrected chi connectivity index (χ4v) is 4.15. The molecule has 28 heavy (non-hydrogen) atoms. The first kappa shape index (κ1) is 20.6. The van der Waals surface area contributed by atoms with Crippen LogP contribution in [0.1, 0.15) is 23.4 Å². The second-order valence-electron chi connectivity index (χ2n) is 6.93. The lowest BCUT2D eigenvalue weighted by molar-refractivity contribution is -0.123. The van der Waals surface area contributed by atoms with Crippen LogP contribution < -0.4 is 10.6 Å². The van der Waals surface area contributed by atoms with Gasteiger partial charge in [0.15, 0.2) is 5.13 Å². The Morgan fingerprint density at radius 2 is 2.14 bits per heavy atom. The summed E-state index contributed by atoms with van der Waals surface area (Å²) in [5, 5.41) is 16.5. The van der Waals surface area contributed by atoms with Gasteiger partial charge in [-0.25, -0.2) is 4.98 Å². The lowest BCUT2D eigenvalue weighted by atomic mass is 9.97. The van der Waals surface area contributed by atoms with Crippen molar-refractivity contribution in [1.29, 1.82) is 0 Å². The molecule has 1 saturated heterocycles. The number of anilines is 2. The first-order valence-electron chi connectivity index (χ1n) is 9.07. The van der Waals surface area contributed by atoms with Crippen LogP contribution in [0.2, 0.25) is 5.02 Å². The second-order valence-corrected chi connectivity index (χ2v) is 8.57. The molecule has 3 N–H and O–H groups in total. The average Bonchev–Trinajstić information content (AvgIpc) is 2.95. The summed E-state index contributed by atoms with van der Waals surface area (Å²) in [7, 11) is 0. The number of aromatic hydroxyl groups is 1. The highest BCUT2D eigenvalue weighted by molar-refractivity contribution is 7.15. The predicted molar refractivity (Wildman–Crippen MR) is 111 cm³/mol. The van der Waals surface area contributed by atoms with Crippen molar-refractivity contribution in [3.8, 4) is 5.75 Å². The average molecular weight is 423 g/mol. The third kappa shape index (κ3) is 5.21. The zero-order valence-corrected chi connectivity index (χ0v) is 17.4. The Labute approximate surface area is 172 Å². The van der Waals surface area contributed by atoms with Crippen molar-refractivity contribution in [3.63, 3.8) is 0 Å². The van der Waals surface area contributed by atoms with Gasteiger partial charge in [-0.2, -0.15) is 0 Å². The third-order valence-corrected chi connectivity index (χ3v) is 5.96. The van der Waals surface area contributed by atoms with Gasteiger partial charge in [-0.05, 0) is 51.4 Å². The Bertz CT molecular complexity index is 867. The molecule has 0 bridgehead atoms. The van der Waals surface area contributed by atoms with Gasteiger partial charge in [-0.3, -0.25) is 14.5 Å². The molecule has 7 nitrogen and oxygen atoms in total. The number of phenols is 1. The number of hydrogen-bond acceptors (Lipinski definition) is 6. The normalized spacial score (nSPS) is 17.3. The number of phenolic OH excluding ortho intramolecular Hbond substituents is 1. The van der Waals surface area contributed by atoms with E-state index in [4.69, 9.17) is 11.6 Å². The van der Waals surface area contributed by atoms with Gasteiger partial charge < -0.3 is 15.7 Å². The number of benzene rings is 1. The van der Waals surface area contributed by atoms with Crippen molar-refractivity contribution in [1.82, 2.24) is 9.88 Å². The standard InChI is InChI=1S/C19H23ClN4O3S/c1-11-12(2)28-19(21-11)23-17(26)10-24-7-3-4-13(9-24)18(27)22-15-8-14(20)5-6-16(15)25/h5-6,8,13,25H,3-4,7,9-10H2,1-2H3,(H,22,27)(H,21,23,26). The second kappa shape index (κ2) is 8.89. The van der Waals surface area contributed by atoms with Gasteiger partial charge in [0.1, 0.15) is 5.75 Å². The number of carbonyl (C=O) groups is 2. The summed E-state index contributed by atoms with van der Waals surface area (Å²) in [5.41, 5.74) is 1.21. The molecule has 9 heteroatoms. The number of nitrogens with zero attached hydrogens (tertiary/aromatic N) is 2. The van der Waals surface area contributed by atoms with Crippen LogP contribution in [0.25, 0.3) is 0 Å². The maximum atomic E-state index is 12.6. The van der Waals surface area contributed by atoms with Crippen LogP contribution in [0.15, 0.2) is 18.2 Å². The van der Waals surface area contributed by atoms with E-state index in [-0.39, 0.29) is 30.0 Å². The van der Waals surface area contributed by atoms with Gasteiger partial charge in [0, 0.05) is 16.4 Å². The number of halogens is 1. The molecule has 0 spiro atoms. The van der Waals surface area contributed by atoms with Crippen LogP contribution in [0, 0.1) is 19.8 Å². The summed E-state index contributed by atoms with van der Waals surface area (Å²) < 4.78 is 0. The van der Waals surface area contributed by atoms with Gasteiger partial charge in [0.25, 0.3) is 0 Å². The van der Waals surface area contributed by atoms with Crippen molar-refractivity contribution in [2.45, 2.75) is 26.7 Å². The molecule has 1 aromatic carbocycles. The number of carbonyl (C=O) groups excluding carboxylic acids is 2. The number of aromatic nitrogens is 1. The summed E-state index contributed by atoms with van der Waals surface area (Å²) in [6.45, 7) is 5.33. The van der Waals surface area contributed by atoms with E-state index >= 15 is 0 Å². The molecule has 1 fully saturated rings. The van der Waals surface area contributed by atoms with Crippen molar-refractivity contribution >= 4 is 45.6 Å². The minimum absolute atomic E-state index is 0.0289. The molecule has 1 unspecified atom stereocenters. The third-order valence-electron chi connectivity index (χ3n) is 4.73. The maximum absolute atomic E-state index is 12.6. The minimum atomic E-state index is -0.260. The molecular formula is C19H23ClN4O3S. The molecule has 2 amide bonds. The molecule has 0 radical (unpaired) electrons. The predicted octanol–water partition coefficient (Wildman–Crippen LogP) is 3.41. The Morgan fingerprint density at radius 1 is 1.36 bits per heavy atom. The van der Waals surface area contributed by atoms with Gasteiger partial charge in [0.05, 0.1) is 23.8 Å². The maximum Gasteiger partial charge on any atom is 0.240 e. The van der Waals surface area contributed by atoms with E-state index in [1.54, 1.807) is 6.07 Å². The van der Waals surface area contributed by atoms with Gasteiger partial charge in [0.2, 0.25) is 11.8 Å². The number of likely N-dealkylation sites (tertiary alicyclic amines) is 1. The summed E-state index contributed by atoms with van der Waals surface area (Å²) >= 11 is 7.38. The summed E-state index contributed by atoms with van der Waals surface area (Å²) in [6.07, 6.45) is 1.55. The van der Waals surface area contributed by atoms with Gasteiger partial charge >= 0.3 is 0 Å². The van der Waals surface area contributed by atoms with Crippen LogP contribution in [0.5, 0.6) is 5.75 Å². The van der Waals surface area contributed by atoms with Crippen molar-refractivity contribution in [3.05, 3.63) is 33.8 Å². The molecule has 1 atom stereocenters. The van der Waals surface area contributed by atoms with Crippen LogP contribution in [-0.4, -0.2) is 46.4 Å². The SMILES string of the molecule is Cc1nc(NC(=O)CN2CCCC(C(=O)Nc3cc(Cl)ccc3O)C2)sc1C. The van der Waals surface area contributed by atoms with Crippen LogP contribution in [0.4, 0.5) is 10.8 Å². The molecule has 3 rings (SSSR count). The highest BCUT2D eigenvalue weighted by Gasteiger charge is 2.27. The lowest BCUT2D eigenvalue weighted by Crippen LogP contribution is -2.44. The topological polar surface area (TPSA) is 94.6 Å². The quantitative estimate of drug-likeness (QED) is 0.642. The zero-order valence-electron chi connectivity index (χ0n) is 15.8. The van der Waals surface area contributed by atoms with E-state index in [9.17, 15) is 14.7 Å². The number of piperidine rings is 1. The monoisotopic (exact) mass is 422 g/mol. The number of aryl methyl sites for hydroxylation is 2. The summed E-state index contributed by atoms with van der Waals surface area (Å²) in [5.74, 6) is -0.612. The molecule has 0 saturated carbocycles. The zero-order chi connectivity index (χ0) is 20.3. The van der Waals surface area contributed by atoms with E-state index in [2.05, 4.69) is 15.6 Å². The van der Waals surface area contributed by atoms with E-state index < -0.39 is 0 Å². The van der Waals surface area contributed by atoms with E-state index in [1.807, 2.05) is 18.7 Å². The molecule has 150 valence electrons. The van der Waals surface area contributed by atoms with Crippen molar-refractivity contribution in [2.75, 3.05) is 30.3 Å².